The topological polar surface area (TPSA) is 71.5 Å². The van der Waals surface area contributed by atoms with Gasteiger partial charge < -0.3 is 15.0 Å². The van der Waals surface area contributed by atoms with Gasteiger partial charge in [-0.15, -0.1) is 0 Å². The molecule has 4 rings (SSSR count). The third-order valence-electron chi connectivity index (χ3n) is 5.52. The first-order chi connectivity index (χ1) is 13.2. The minimum atomic E-state index is -0.0923. The molecule has 2 atom stereocenters. The number of carbonyl (C=O) groups excluding carboxylic acids is 2. The number of ether oxygens (including phenoxy) is 1. The van der Waals surface area contributed by atoms with Gasteiger partial charge in [0, 0.05) is 30.5 Å². The largest absolute Gasteiger partial charge is 0.379 e. The van der Waals surface area contributed by atoms with Crippen LogP contribution in [0.5, 0.6) is 0 Å². The number of amides is 2. The van der Waals surface area contributed by atoms with Crippen molar-refractivity contribution >= 4 is 22.7 Å². The zero-order valence-electron chi connectivity index (χ0n) is 15.4. The molecule has 2 saturated heterocycles. The third kappa shape index (κ3) is 4.11. The van der Waals surface area contributed by atoms with Gasteiger partial charge in [0.05, 0.1) is 31.3 Å². The molecule has 142 valence electrons. The average molecular weight is 367 g/mol. The predicted octanol–water partition coefficient (Wildman–Crippen LogP) is 1.92. The molecule has 27 heavy (non-hydrogen) atoms. The Hall–Kier alpha value is -2.47. The fourth-order valence-corrected chi connectivity index (χ4v) is 4.03. The molecule has 1 N–H and O–H groups in total. The lowest BCUT2D eigenvalue weighted by molar-refractivity contribution is -0.138. The van der Waals surface area contributed by atoms with Crippen LogP contribution in [0.4, 0.5) is 0 Å². The standard InChI is InChI=1S/C21H25N3O3/c25-20(12-24-10-4-3-7-21(24)26)23-19-14-27-13-16(19)11-15-8-9-22-18-6-2-1-5-17(15)18/h1-2,5-6,8-9,16,19H,3-4,7,10-14H2,(H,23,25)/t16-,19+/m1/s1. The smallest absolute Gasteiger partial charge is 0.239 e. The van der Waals surface area contributed by atoms with Crippen molar-refractivity contribution in [3.63, 3.8) is 0 Å². The van der Waals surface area contributed by atoms with Gasteiger partial charge in [-0.25, -0.2) is 0 Å². The van der Waals surface area contributed by atoms with Crippen LogP contribution in [0.1, 0.15) is 24.8 Å². The molecule has 6 nitrogen and oxygen atoms in total. The Morgan fingerprint density at radius 1 is 1.22 bits per heavy atom. The molecule has 6 heteroatoms. The molecule has 0 saturated carbocycles. The zero-order valence-corrected chi connectivity index (χ0v) is 15.4. The van der Waals surface area contributed by atoms with Crippen LogP contribution in [0.2, 0.25) is 0 Å². The molecule has 2 fully saturated rings. The highest BCUT2D eigenvalue weighted by Gasteiger charge is 2.31. The van der Waals surface area contributed by atoms with Gasteiger partial charge in [0.2, 0.25) is 11.8 Å². The summed E-state index contributed by atoms with van der Waals surface area (Å²) in [7, 11) is 0. The molecule has 1 aromatic carbocycles. The molecule has 3 heterocycles. The van der Waals surface area contributed by atoms with Crippen LogP contribution in [0, 0.1) is 5.92 Å². The summed E-state index contributed by atoms with van der Waals surface area (Å²) in [6.07, 6.45) is 5.12. The number of rotatable bonds is 5. The SMILES string of the molecule is O=C(CN1CCCCC1=O)N[C@H]1COC[C@H]1Cc1ccnc2ccccc12. The number of hydrogen-bond donors (Lipinski definition) is 1. The Kier molecular flexibility index (Phi) is 5.34. The summed E-state index contributed by atoms with van der Waals surface area (Å²) < 4.78 is 5.66. The molecule has 1 aromatic heterocycles. The number of pyridine rings is 1. The summed E-state index contributed by atoms with van der Waals surface area (Å²) in [5.74, 6) is 0.209. The van der Waals surface area contributed by atoms with E-state index in [1.165, 1.54) is 5.56 Å². The van der Waals surface area contributed by atoms with Gasteiger partial charge in [-0.05, 0) is 37.0 Å². The number of nitrogens with zero attached hydrogens (tertiary/aromatic N) is 2. The van der Waals surface area contributed by atoms with Crippen molar-refractivity contribution < 1.29 is 14.3 Å². The molecule has 0 aliphatic carbocycles. The Labute approximate surface area is 158 Å². The van der Waals surface area contributed by atoms with Gasteiger partial charge in [0.15, 0.2) is 0 Å². The second-order valence-electron chi connectivity index (χ2n) is 7.44. The van der Waals surface area contributed by atoms with E-state index in [4.69, 9.17) is 4.74 Å². The summed E-state index contributed by atoms with van der Waals surface area (Å²) in [6, 6.07) is 10.1. The van der Waals surface area contributed by atoms with Crippen LogP contribution in [0.25, 0.3) is 10.9 Å². The van der Waals surface area contributed by atoms with Gasteiger partial charge >= 0.3 is 0 Å². The minimum Gasteiger partial charge on any atom is -0.379 e. The lowest BCUT2D eigenvalue weighted by Gasteiger charge is -2.27. The maximum Gasteiger partial charge on any atom is 0.239 e. The van der Waals surface area contributed by atoms with E-state index in [9.17, 15) is 9.59 Å². The summed E-state index contributed by atoms with van der Waals surface area (Å²) in [4.78, 5) is 30.4. The summed E-state index contributed by atoms with van der Waals surface area (Å²) in [5, 5.41) is 4.24. The Balaban J connectivity index is 1.40. The Bertz CT molecular complexity index is 833. The minimum absolute atomic E-state index is 0.0238. The molecular weight excluding hydrogens is 342 g/mol. The normalized spacial score (nSPS) is 23.0. The van der Waals surface area contributed by atoms with Gasteiger partial charge in [-0.3, -0.25) is 14.6 Å². The third-order valence-corrected chi connectivity index (χ3v) is 5.52. The highest BCUT2D eigenvalue weighted by atomic mass is 16.5. The molecule has 2 aliphatic rings. The van der Waals surface area contributed by atoms with Crippen molar-refractivity contribution in [1.82, 2.24) is 15.2 Å². The number of nitrogens with one attached hydrogen (secondary N) is 1. The van der Waals surface area contributed by atoms with Gasteiger partial charge in [0.25, 0.3) is 0 Å². The monoisotopic (exact) mass is 367 g/mol. The van der Waals surface area contributed by atoms with E-state index in [0.717, 1.165) is 30.2 Å². The van der Waals surface area contributed by atoms with E-state index < -0.39 is 0 Å². The van der Waals surface area contributed by atoms with Crippen molar-refractivity contribution in [2.45, 2.75) is 31.7 Å². The average Bonchev–Trinajstić information content (AvgIpc) is 3.10. The van der Waals surface area contributed by atoms with Crippen molar-refractivity contribution in [1.29, 1.82) is 0 Å². The number of fused-ring (bicyclic) bond motifs is 1. The number of carbonyl (C=O) groups is 2. The quantitative estimate of drug-likeness (QED) is 0.876. The first-order valence-electron chi connectivity index (χ1n) is 9.68. The molecule has 2 aliphatic heterocycles. The van der Waals surface area contributed by atoms with Crippen LogP contribution in [-0.2, 0) is 20.7 Å². The first-order valence-corrected chi connectivity index (χ1v) is 9.68. The molecule has 2 amide bonds. The fraction of sp³-hybridized carbons (Fsp3) is 0.476. The van der Waals surface area contributed by atoms with Crippen LogP contribution in [0.3, 0.4) is 0 Å². The molecule has 0 spiro atoms. The number of benzene rings is 1. The first kappa shape index (κ1) is 17.9. The summed E-state index contributed by atoms with van der Waals surface area (Å²) in [6.45, 7) is 1.98. The van der Waals surface area contributed by atoms with E-state index in [1.54, 1.807) is 4.90 Å². The van der Waals surface area contributed by atoms with E-state index in [2.05, 4.69) is 16.4 Å². The Morgan fingerprint density at radius 3 is 3.00 bits per heavy atom. The van der Waals surface area contributed by atoms with Crippen LogP contribution < -0.4 is 5.32 Å². The Morgan fingerprint density at radius 2 is 2.11 bits per heavy atom. The molecular formula is C21H25N3O3. The highest BCUT2D eigenvalue weighted by molar-refractivity contribution is 5.85. The summed E-state index contributed by atoms with van der Waals surface area (Å²) in [5.41, 5.74) is 2.21. The van der Waals surface area contributed by atoms with Gasteiger partial charge in [-0.1, -0.05) is 18.2 Å². The molecule has 0 unspecified atom stereocenters. The van der Waals surface area contributed by atoms with E-state index >= 15 is 0 Å². The lowest BCUT2D eigenvalue weighted by atomic mass is 9.93. The second kappa shape index (κ2) is 8.05. The zero-order chi connectivity index (χ0) is 18.6. The lowest BCUT2D eigenvalue weighted by Crippen LogP contribution is -2.47. The van der Waals surface area contributed by atoms with Crippen molar-refractivity contribution in [2.75, 3.05) is 26.3 Å². The van der Waals surface area contributed by atoms with Gasteiger partial charge in [-0.2, -0.15) is 0 Å². The van der Waals surface area contributed by atoms with Crippen LogP contribution in [0.15, 0.2) is 36.5 Å². The van der Waals surface area contributed by atoms with Crippen molar-refractivity contribution in [3.05, 3.63) is 42.1 Å². The number of aromatic nitrogens is 1. The maximum atomic E-state index is 12.5. The summed E-state index contributed by atoms with van der Waals surface area (Å²) >= 11 is 0. The van der Waals surface area contributed by atoms with Crippen molar-refractivity contribution in [3.8, 4) is 0 Å². The number of likely N-dealkylation sites (tertiary alicyclic amines) is 1. The number of hydrogen-bond acceptors (Lipinski definition) is 4. The van der Waals surface area contributed by atoms with E-state index in [0.29, 0.717) is 26.2 Å². The van der Waals surface area contributed by atoms with Gasteiger partial charge in [0.1, 0.15) is 0 Å². The number of para-hydroxylation sites is 1. The van der Waals surface area contributed by atoms with Crippen LogP contribution >= 0.6 is 0 Å². The predicted molar refractivity (Wildman–Crippen MR) is 102 cm³/mol. The maximum absolute atomic E-state index is 12.5. The van der Waals surface area contributed by atoms with Crippen LogP contribution in [-0.4, -0.2) is 54.0 Å². The van der Waals surface area contributed by atoms with E-state index in [1.807, 2.05) is 30.5 Å². The highest BCUT2D eigenvalue weighted by Crippen LogP contribution is 2.24. The molecule has 2 aromatic rings. The van der Waals surface area contributed by atoms with Crippen molar-refractivity contribution in [2.24, 2.45) is 5.92 Å². The molecule has 0 radical (unpaired) electrons. The second-order valence-corrected chi connectivity index (χ2v) is 7.44. The fourth-order valence-electron chi connectivity index (χ4n) is 4.03. The molecule has 0 bridgehead atoms. The van der Waals surface area contributed by atoms with E-state index in [-0.39, 0.29) is 30.3 Å². The number of piperidine rings is 1.